The maximum Gasteiger partial charge on any atom is 0.271 e. The minimum Gasteiger partial charge on any atom is -0.377 e. The minimum absolute atomic E-state index is 0. The van der Waals surface area contributed by atoms with Gasteiger partial charge in [-0.15, -0.1) is 23.7 Å². The lowest BCUT2D eigenvalue weighted by Crippen LogP contribution is -2.66. The SMILES string of the molecule is CC1(C)C(NC(=O)c2csc(CCN)n2)C2CCOC21.Cl. The highest BCUT2D eigenvalue weighted by Crippen LogP contribution is 2.52. The molecule has 1 amide bonds. The number of halogens is 1. The molecule has 3 rings (SSSR count). The van der Waals surface area contributed by atoms with Crippen LogP contribution in [0, 0.1) is 11.3 Å². The Kier molecular flexibility index (Phi) is 4.92. The lowest BCUT2D eigenvalue weighted by Gasteiger charge is -2.54. The maximum absolute atomic E-state index is 12.3. The van der Waals surface area contributed by atoms with Crippen LogP contribution in [0.3, 0.4) is 0 Å². The summed E-state index contributed by atoms with van der Waals surface area (Å²) in [5.41, 5.74) is 6.02. The molecular formula is C14H22ClN3O2S. The van der Waals surface area contributed by atoms with Crippen molar-refractivity contribution in [3.05, 3.63) is 16.1 Å². The Balaban J connectivity index is 0.00000161. The molecule has 2 heterocycles. The van der Waals surface area contributed by atoms with Crippen molar-refractivity contribution in [2.24, 2.45) is 17.1 Å². The highest BCUT2D eigenvalue weighted by atomic mass is 35.5. The van der Waals surface area contributed by atoms with Crippen molar-refractivity contribution in [2.45, 2.75) is 38.8 Å². The lowest BCUT2D eigenvalue weighted by atomic mass is 9.57. The van der Waals surface area contributed by atoms with Crippen LogP contribution < -0.4 is 11.1 Å². The quantitative estimate of drug-likeness (QED) is 0.878. The van der Waals surface area contributed by atoms with E-state index in [4.69, 9.17) is 10.5 Å². The Morgan fingerprint density at radius 2 is 2.38 bits per heavy atom. The van der Waals surface area contributed by atoms with Gasteiger partial charge in [0, 0.05) is 35.8 Å². The van der Waals surface area contributed by atoms with E-state index in [0.29, 0.717) is 18.2 Å². The van der Waals surface area contributed by atoms with Gasteiger partial charge in [0.25, 0.3) is 5.91 Å². The van der Waals surface area contributed by atoms with Crippen LogP contribution in [0.5, 0.6) is 0 Å². The third-order valence-electron chi connectivity index (χ3n) is 4.53. The minimum atomic E-state index is -0.0760. The second kappa shape index (κ2) is 6.20. The van der Waals surface area contributed by atoms with Crippen LogP contribution in [-0.4, -0.2) is 36.2 Å². The van der Waals surface area contributed by atoms with Gasteiger partial charge in [-0.3, -0.25) is 4.79 Å². The van der Waals surface area contributed by atoms with Crippen LogP contribution >= 0.6 is 23.7 Å². The van der Waals surface area contributed by atoms with E-state index in [-0.39, 0.29) is 35.9 Å². The monoisotopic (exact) mass is 331 g/mol. The van der Waals surface area contributed by atoms with Crippen molar-refractivity contribution in [1.29, 1.82) is 0 Å². The molecule has 1 aromatic rings. The van der Waals surface area contributed by atoms with Crippen molar-refractivity contribution in [3.8, 4) is 0 Å². The van der Waals surface area contributed by atoms with Crippen molar-refractivity contribution in [2.75, 3.05) is 13.2 Å². The number of carbonyl (C=O) groups is 1. The van der Waals surface area contributed by atoms with Gasteiger partial charge < -0.3 is 15.8 Å². The molecule has 21 heavy (non-hydrogen) atoms. The number of amides is 1. The molecule has 2 fully saturated rings. The van der Waals surface area contributed by atoms with Crippen LogP contribution in [0.15, 0.2) is 5.38 Å². The van der Waals surface area contributed by atoms with Crippen LogP contribution in [0.2, 0.25) is 0 Å². The van der Waals surface area contributed by atoms with Gasteiger partial charge in [0.05, 0.1) is 11.1 Å². The highest BCUT2D eigenvalue weighted by molar-refractivity contribution is 7.09. The number of rotatable bonds is 4. The number of nitrogens with two attached hydrogens (primary N) is 1. The zero-order valence-corrected chi connectivity index (χ0v) is 13.9. The molecular weight excluding hydrogens is 310 g/mol. The van der Waals surface area contributed by atoms with Gasteiger partial charge in [0.15, 0.2) is 0 Å². The van der Waals surface area contributed by atoms with E-state index < -0.39 is 0 Å². The molecule has 1 aromatic heterocycles. The third kappa shape index (κ3) is 2.82. The Labute approximate surface area is 135 Å². The van der Waals surface area contributed by atoms with E-state index in [2.05, 4.69) is 24.1 Å². The number of hydrogen-bond donors (Lipinski definition) is 2. The number of hydrogen-bond acceptors (Lipinski definition) is 5. The molecule has 3 atom stereocenters. The summed E-state index contributed by atoms with van der Waals surface area (Å²) in [6.07, 6.45) is 2.05. The topological polar surface area (TPSA) is 77.2 Å². The largest absolute Gasteiger partial charge is 0.377 e. The molecule has 7 heteroatoms. The first kappa shape index (κ1) is 16.7. The Morgan fingerprint density at radius 1 is 1.62 bits per heavy atom. The van der Waals surface area contributed by atoms with Gasteiger partial charge in [-0.25, -0.2) is 4.98 Å². The summed E-state index contributed by atoms with van der Waals surface area (Å²) in [7, 11) is 0. The molecule has 0 aromatic carbocycles. The van der Waals surface area contributed by atoms with E-state index in [1.807, 2.05) is 5.38 Å². The fourth-order valence-electron chi connectivity index (χ4n) is 3.49. The molecule has 1 saturated heterocycles. The van der Waals surface area contributed by atoms with Crippen molar-refractivity contribution in [1.82, 2.24) is 10.3 Å². The second-order valence-electron chi connectivity index (χ2n) is 6.18. The van der Waals surface area contributed by atoms with Crippen LogP contribution in [0.1, 0.15) is 35.8 Å². The number of nitrogens with zero attached hydrogens (tertiary/aromatic N) is 1. The second-order valence-corrected chi connectivity index (χ2v) is 7.12. The summed E-state index contributed by atoms with van der Waals surface area (Å²) in [5.74, 6) is 0.379. The van der Waals surface area contributed by atoms with Crippen LogP contribution in [0.4, 0.5) is 0 Å². The number of nitrogens with one attached hydrogen (secondary N) is 1. The summed E-state index contributed by atoms with van der Waals surface area (Å²) in [6, 6.07) is 0.183. The van der Waals surface area contributed by atoms with E-state index >= 15 is 0 Å². The molecule has 5 nitrogen and oxygen atoms in total. The molecule has 118 valence electrons. The third-order valence-corrected chi connectivity index (χ3v) is 5.44. The van der Waals surface area contributed by atoms with E-state index in [1.54, 1.807) is 0 Å². The fourth-order valence-corrected chi connectivity index (χ4v) is 4.28. The number of ether oxygens (including phenoxy) is 1. The summed E-state index contributed by atoms with van der Waals surface area (Å²) in [6.45, 7) is 5.68. The van der Waals surface area contributed by atoms with Gasteiger partial charge in [-0.05, 0) is 13.0 Å². The first-order valence-corrected chi connectivity index (χ1v) is 7.99. The summed E-state index contributed by atoms with van der Waals surface area (Å²) in [5, 5.41) is 5.88. The normalized spacial score (nSPS) is 29.2. The number of carbonyl (C=O) groups excluding carboxylic acids is 1. The highest BCUT2D eigenvalue weighted by Gasteiger charge is 2.59. The number of fused-ring (bicyclic) bond motifs is 1. The van der Waals surface area contributed by atoms with Crippen molar-refractivity contribution < 1.29 is 9.53 Å². The van der Waals surface area contributed by atoms with Gasteiger partial charge in [0.1, 0.15) is 5.69 Å². The number of thiazole rings is 1. The smallest absolute Gasteiger partial charge is 0.271 e. The lowest BCUT2D eigenvalue weighted by molar-refractivity contribution is -0.108. The van der Waals surface area contributed by atoms with Crippen molar-refractivity contribution >= 4 is 29.7 Å². The first-order chi connectivity index (χ1) is 9.54. The van der Waals surface area contributed by atoms with Crippen molar-refractivity contribution in [3.63, 3.8) is 0 Å². The Bertz CT molecular complexity index is 520. The zero-order valence-electron chi connectivity index (χ0n) is 12.3. The summed E-state index contributed by atoms with van der Waals surface area (Å²) < 4.78 is 5.74. The zero-order chi connectivity index (χ0) is 14.3. The molecule has 0 spiro atoms. The first-order valence-electron chi connectivity index (χ1n) is 7.11. The van der Waals surface area contributed by atoms with Gasteiger partial charge in [0.2, 0.25) is 0 Å². The molecule has 0 bridgehead atoms. The number of aromatic nitrogens is 1. The van der Waals surface area contributed by atoms with E-state index in [0.717, 1.165) is 24.5 Å². The van der Waals surface area contributed by atoms with E-state index in [1.165, 1.54) is 11.3 Å². The molecule has 3 unspecified atom stereocenters. The van der Waals surface area contributed by atoms with Gasteiger partial charge in [-0.1, -0.05) is 13.8 Å². The van der Waals surface area contributed by atoms with Crippen LogP contribution in [-0.2, 0) is 11.2 Å². The molecule has 3 N–H and O–H groups in total. The van der Waals surface area contributed by atoms with Crippen LogP contribution in [0.25, 0.3) is 0 Å². The predicted molar refractivity (Wildman–Crippen MR) is 85.0 cm³/mol. The Hall–Kier alpha value is -0.690. The summed E-state index contributed by atoms with van der Waals surface area (Å²) >= 11 is 1.50. The van der Waals surface area contributed by atoms with Gasteiger partial charge in [-0.2, -0.15) is 0 Å². The molecule has 2 aliphatic rings. The standard InChI is InChI=1S/C14H21N3O2S.ClH/c1-14(2)11(8-4-6-19-12(8)14)17-13(18)9-7-20-10(16-9)3-5-15;/h7-8,11-12H,3-6,15H2,1-2H3,(H,17,18);1H. The maximum atomic E-state index is 12.3. The predicted octanol–water partition coefficient (Wildman–Crippen LogP) is 1.61. The fraction of sp³-hybridized carbons (Fsp3) is 0.714. The van der Waals surface area contributed by atoms with E-state index in [9.17, 15) is 4.79 Å². The average Bonchev–Trinajstić information content (AvgIpc) is 3.03. The van der Waals surface area contributed by atoms with Gasteiger partial charge >= 0.3 is 0 Å². The molecule has 0 radical (unpaired) electrons. The molecule has 1 aliphatic heterocycles. The average molecular weight is 332 g/mol. The molecule has 1 saturated carbocycles. The summed E-state index contributed by atoms with van der Waals surface area (Å²) in [4.78, 5) is 16.6. The molecule has 1 aliphatic carbocycles. The Morgan fingerprint density at radius 3 is 3.10 bits per heavy atom.